The lowest BCUT2D eigenvalue weighted by Crippen LogP contribution is -2.57. The van der Waals surface area contributed by atoms with E-state index in [0.717, 1.165) is 12.8 Å². The molecule has 1 aromatic carbocycles. The molecule has 0 aliphatic carbocycles. The van der Waals surface area contributed by atoms with Crippen LogP contribution in [-0.2, 0) is 9.53 Å². The summed E-state index contributed by atoms with van der Waals surface area (Å²) in [5.41, 5.74) is -0.203. The molecular formula is C19H24N4O6. The van der Waals surface area contributed by atoms with E-state index in [1.165, 1.54) is 21.3 Å². The van der Waals surface area contributed by atoms with E-state index in [9.17, 15) is 9.59 Å². The van der Waals surface area contributed by atoms with Crippen molar-refractivity contribution in [1.82, 2.24) is 15.3 Å². The fraction of sp³-hybridized carbons (Fsp3) is 0.526. The maximum Gasteiger partial charge on any atom is 0.264 e. The number of hydrogen-bond acceptors (Lipinski definition) is 8. The molecule has 10 heteroatoms. The zero-order valence-corrected chi connectivity index (χ0v) is 16.7. The maximum absolute atomic E-state index is 12.9. The van der Waals surface area contributed by atoms with Crippen LogP contribution in [0, 0.1) is 0 Å². The molecule has 3 heterocycles. The molecule has 2 aromatic rings. The number of nitrogens with zero attached hydrogens (tertiary/aromatic N) is 2. The number of aromatic amines is 1. The van der Waals surface area contributed by atoms with Gasteiger partial charge >= 0.3 is 0 Å². The Morgan fingerprint density at radius 3 is 2.41 bits per heavy atom. The predicted molar refractivity (Wildman–Crippen MR) is 105 cm³/mol. The number of ether oxygens (including phenoxy) is 4. The quantitative estimate of drug-likeness (QED) is 0.754. The fourth-order valence-electron chi connectivity index (χ4n) is 3.93. The first kappa shape index (κ1) is 19.3. The average molecular weight is 404 g/mol. The molecule has 1 spiro atoms. The van der Waals surface area contributed by atoms with Crippen molar-refractivity contribution in [1.29, 1.82) is 0 Å². The number of nitrogens with one attached hydrogen (secondary N) is 2. The van der Waals surface area contributed by atoms with E-state index in [0.29, 0.717) is 48.0 Å². The minimum absolute atomic E-state index is 0.0862. The number of benzene rings is 1. The van der Waals surface area contributed by atoms with Crippen LogP contribution < -0.4 is 30.0 Å². The Morgan fingerprint density at radius 1 is 1.10 bits per heavy atom. The molecule has 2 aliphatic rings. The van der Waals surface area contributed by atoms with Crippen LogP contribution in [-0.4, -0.2) is 69.0 Å². The van der Waals surface area contributed by atoms with Crippen LogP contribution >= 0.6 is 0 Å². The van der Waals surface area contributed by atoms with Crippen molar-refractivity contribution < 1.29 is 23.7 Å². The summed E-state index contributed by atoms with van der Waals surface area (Å²) < 4.78 is 21.9. The fourth-order valence-corrected chi connectivity index (χ4v) is 3.93. The highest BCUT2D eigenvalue weighted by molar-refractivity contribution is 5.90. The van der Waals surface area contributed by atoms with E-state index in [1.54, 1.807) is 6.07 Å². The predicted octanol–water partition coefficient (Wildman–Crippen LogP) is 0.434. The molecule has 2 aliphatic heterocycles. The number of aromatic nitrogens is 2. The molecule has 0 unspecified atom stereocenters. The lowest BCUT2D eigenvalue weighted by atomic mass is 9.90. The molecule has 4 rings (SSSR count). The summed E-state index contributed by atoms with van der Waals surface area (Å²) in [5, 5.41) is 3.18. The molecule has 0 bridgehead atoms. The van der Waals surface area contributed by atoms with Gasteiger partial charge in [-0.15, -0.1) is 0 Å². The molecule has 0 radical (unpaired) electrons. The Morgan fingerprint density at radius 2 is 1.83 bits per heavy atom. The van der Waals surface area contributed by atoms with Crippen molar-refractivity contribution in [3.8, 4) is 17.2 Å². The van der Waals surface area contributed by atoms with Crippen LogP contribution in [0.25, 0.3) is 10.9 Å². The highest BCUT2D eigenvalue weighted by Crippen LogP contribution is 2.41. The van der Waals surface area contributed by atoms with Crippen LogP contribution in [0.2, 0.25) is 0 Å². The average Bonchev–Trinajstić information content (AvgIpc) is 2.74. The first-order chi connectivity index (χ1) is 14.0. The van der Waals surface area contributed by atoms with E-state index in [2.05, 4.69) is 15.3 Å². The van der Waals surface area contributed by atoms with Gasteiger partial charge in [-0.1, -0.05) is 0 Å². The first-order valence-electron chi connectivity index (χ1n) is 9.39. The highest BCUT2D eigenvalue weighted by atomic mass is 16.5. The molecule has 156 valence electrons. The van der Waals surface area contributed by atoms with Crippen molar-refractivity contribution in [3.63, 3.8) is 0 Å². The monoisotopic (exact) mass is 404 g/mol. The topological polar surface area (TPSA) is 115 Å². The third-order valence-corrected chi connectivity index (χ3v) is 5.58. The number of carbonyl (C=O) groups excluding carboxylic acids is 1. The molecule has 2 fully saturated rings. The van der Waals surface area contributed by atoms with E-state index in [-0.39, 0.29) is 29.4 Å². The second-order valence-electron chi connectivity index (χ2n) is 7.16. The van der Waals surface area contributed by atoms with Gasteiger partial charge in [-0.05, 0) is 12.8 Å². The zero-order chi connectivity index (χ0) is 20.6. The number of methoxy groups -OCH3 is 3. The lowest BCUT2D eigenvalue weighted by Gasteiger charge is -2.43. The Kier molecular flexibility index (Phi) is 4.95. The Bertz CT molecular complexity index is 984. The van der Waals surface area contributed by atoms with Gasteiger partial charge in [0.1, 0.15) is 12.0 Å². The van der Waals surface area contributed by atoms with E-state index in [4.69, 9.17) is 18.9 Å². The molecular weight excluding hydrogens is 380 g/mol. The van der Waals surface area contributed by atoms with Crippen LogP contribution in [0.15, 0.2) is 10.9 Å². The van der Waals surface area contributed by atoms with Gasteiger partial charge in [0.15, 0.2) is 11.5 Å². The van der Waals surface area contributed by atoms with Gasteiger partial charge in [-0.3, -0.25) is 14.6 Å². The Balaban J connectivity index is 1.66. The molecule has 29 heavy (non-hydrogen) atoms. The number of hydrogen-bond donors (Lipinski definition) is 2. The van der Waals surface area contributed by atoms with Crippen LogP contribution in [0.4, 0.5) is 5.95 Å². The van der Waals surface area contributed by atoms with Crippen molar-refractivity contribution in [2.24, 2.45) is 0 Å². The van der Waals surface area contributed by atoms with Gasteiger partial charge in [0.2, 0.25) is 17.6 Å². The first-order valence-corrected chi connectivity index (χ1v) is 9.39. The molecule has 0 saturated carbocycles. The number of amides is 1. The smallest absolute Gasteiger partial charge is 0.264 e. The molecule has 0 atom stereocenters. The molecule has 10 nitrogen and oxygen atoms in total. The number of morpholine rings is 1. The minimum atomic E-state index is -0.346. The third kappa shape index (κ3) is 3.33. The Hall–Kier alpha value is -3.01. The Labute approximate surface area is 167 Å². The molecule has 1 aromatic heterocycles. The molecule has 1 amide bonds. The normalized spacial score (nSPS) is 18.6. The number of carbonyl (C=O) groups is 1. The van der Waals surface area contributed by atoms with Gasteiger partial charge in [0.25, 0.3) is 5.56 Å². The minimum Gasteiger partial charge on any atom is -0.493 e. The summed E-state index contributed by atoms with van der Waals surface area (Å²) in [7, 11) is 4.48. The number of piperidine rings is 1. The van der Waals surface area contributed by atoms with Crippen molar-refractivity contribution in [3.05, 3.63) is 16.4 Å². The van der Waals surface area contributed by atoms with E-state index < -0.39 is 0 Å². The lowest BCUT2D eigenvalue weighted by molar-refractivity contribution is -0.146. The summed E-state index contributed by atoms with van der Waals surface area (Å²) in [6.45, 7) is 1.89. The van der Waals surface area contributed by atoms with Crippen LogP contribution in [0.1, 0.15) is 12.8 Å². The second kappa shape index (κ2) is 7.43. The standard InChI is InChI=1S/C19H24N4O6/c1-26-12-8-11-14(16(28-3)15(12)27-2)17(25)22-18(21-11)23-6-4-19(5-7-23)10-20-13(24)9-29-19/h8H,4-7,9-10H2,1-3H3,(H,20,24)(H,21,22,25). The summed E-state index contributed by atoms with van der Waals surface area (Å²) >= 11 is 0. The van der Waals surface area contributed by atoms with Crippen LogP contribution in [0.3, 0.4) is 0 Å². The molecule has 2 N–H and O–H groups in total. The summed E-state index contributed by atoms with van der Waals surface area (Å²) in [6.07, 6.45) is 1.45. The van der Waals surface area contributed by atoms with Crippen molar-refractivity contribution >= 4 is 22.8 Å². The van der Waals surface area contributed by atoms with Gasteiger partial charge in [0.05, 0.1) is 32.4 Å². The summed E-state index contributed by atoms with van der Waals surface area (Å²) in [5.74, 6) is 1.46. The number of rotatable bonds is 4. The van der Waals surface area contributed by atoms with Crippen molar-refractivity contribution in [2.45, 2.75) is 18.4 Å². The number of anilines is 1. The molecule has 2 saturated heterocycles. The van der Waals surface area contributed by atoms with Gasteiger partial charge < -0.3 is 29.2 Å². The van der Waals surface area contributed by atoms with Crippen molar-refractivity contribution in [2.75, 3.05) is 52.5 Å². The second-order valence-corrected chi connectivity index (χ2v) is 7.16. The summed E-state index contributed by atoms with van der Waals surface area (Å²) in [6, 6.07) is 1.67. The number of H-pyrrole nitrogens is 1. The van der Waals surface area contributed by atoms with E-state index in [1.807, 2.05) is 4.90 Å². The van der Waals surface area contributed by atoms with Gasteiger partial charge in [-0.25, -0.2) is 4.98 Å². The summed E-state index contributed by atoms with van der Waals surface area (Å²) in [4.78, 5) is 33.7. The third-order valence-electron chi connectivity index (χ3n) is 5.58. The van der Waals surface area contributed by atoms with Gasteiger partial charge in [-0.2, -0.15) is 0 Å². The maximum atomic E-state index is 12.9. The highest BCUT2D eigenvalue weighted by Gasteiger charge is 2.39. The number of fused-ring (bicyclic) bond motifs is 1. The SMILES string of the molecule is COc1cc2nc(N3CCC4(CC3)CNC(=O)CO4)[nH]c(=O)c2c(OC)c1OC. The van der Waals surface area contributed by atoms with E-state index >= 15 is 0 Å². The largest absolute Gasteiger partial charge is 0.493 e. The van der Waals surface area contributed by atoms with Crippen LogP contribution in [0.5, 0.6) is 17.2 Å². The zero-order valence-electron chi connectivity index (χ0n) is 16.7. The van der Waals surface area contributed by atoms with Gasteiger partial charge in [0, 0.05) is 25.7 Å².